The Kier molecular flexibility index (Phi) is 8.15. The molecule has 1 N–H and O–H groups in total. The Balaban J connectivity index is 1.26. The molecule has 40 heavy (non-hydrogen) atoms. The average molecular weight is 573 g/mol. The van der Waals surface area contributed by atoms with Gasteiger partial charge in [0.05, 0.1) is 5.69 Å². The number of halogens is 2. The second kappa shape index (κ2) is 12.1. The second-order valence-electron chi connectivity index (χ2n) is 8.82. The Morgan fingerprint density at radius 3 is 2.08 bits per heavy atom. The van der Waals surface area contributed by atoms with E-state index in [2.05, 4.69) is 5.32 Å². The molecule has 0 saturated carbocycles. The first-order valence-corrected chi connectivity index (χ1v) is 13.0. The Bertz CT molecular complexity index is 1590. The van der Waals surface area contributed by atoms with Crippen LogP contribution in [0.15, 0.2) is 103 Å². The molecule has 4 aromatic carbocycles. The fraction of sp³-hybridized carbons (Fsp3) is 0.0645. The molecule has 1 saturated heterocycles. The lowest BCUT2D eigenvalue weighted by molar-refractivity contribution is -0.122. The monoisotopic (exact) mass is 572 g/mol. The summed E-state index contributed by atoms with van der Waals surface area (Å²) in [5, 5.41) is 3.27. The van der Waals surface area contributed by atoms with Crippen molar-refractivity contribution in [3.05, 3.63) is 129 Å². The summed E-state index contributed by atoms with van der Waals surface area (Å²) in [6, 6.07) is 27.3. The number of nitrogens with one attached hydrogen (secondary N) is 1. The highest BCUT2D eigenvalue weighted by Gasteiger charge is 2.36. The molecule has 4 aromatic rings. The van der Waals surface area contributed by atoms with Crippen molar-refractivity contribution in [3.8, 4) is 11.5 Å². The van der Waals surface area contributed by atoms with Crippen LogP contribution in [0.25, 0.3) is 6.08 Å². The van der Waals surface area contributed by atoms with Gasteiger partial charge >= 0.3 is 6.03 Å². The van der Waals surface area contributed by atoms with Gasteiger partial charge < -0.3 is 9.47 Å². The van der Waals surface area contributed by atoms with Gasteiger partial charge in [0.2, 0.25) is 0 Å². The van der Waals surface area contributed by atoms with Gasteiger partial charge in [-0.1, -0.05) is 71.7 Å². The second-order valence-corrected chi connectivity index (χ2v) is 9.66. The molecule has 1 fully saturated rings. The van der Waals surface area contributed by atoms with Crippen LogP contribution in [0.2, 0.25) is 10.0 Å². The third-order valence-electron chi connectivity index (χ3n) is 6.05. The van der Waals surface area contributed by atoms with Gasteiger partial charge in [-0.2, -0.15) is 0 Å². The van der Waals surface area contributed by atoms with Gasteiger partial charge in [0.1, 0.15) is 30.3 Å². The van der Waals surface area contributed by atoms with E-state index in [1.165, 1.54) is 6.08 Å². The smallest absolute Gasteiger partial charge is 0.335 e. The number of imide groups is 2. The molecule has 0 atom stereocenters. The average Bonchev–Trinajstić information content (AvgIpc) is 2.95. The number of carbonyl (C=O) groups is 3. The SMILES string of the molecule is O=C1NC(=O)N(c2ccc(OCc3ccccc3)cc2)C(=O)/C1=C/c1ccc(OCc2ccc(Cl)cc2Cl)cc1. The number of anilines is 1. The summed E-state index contributed by atoms with van der Waals surface area (Å²) in [7, 11) is 0. The van der Waals surface area contributed by atoms with Crippen LogP contribution in [0.4, 0.5) is 10.5 Å². The van der Waals surface area contributed by atoms with Crippen molar-refractivity contribution in [2.24, 2.45) is 0 Å². The molecule has 9 heteroatoms. The van der Waals surface area contributed by atoms with Crippen LogP contribution >= 0.6 is 23.2 Å². The third-order valence-corrected chi connectivity index (χ3v) is 6.63. The van der Waals surface area contributed by atoms with Gasteiger partial charge in [-0.3, -0.25) is 14.9 Å². The summed E-state index contributed by atoms with van der Waals surface area (Å²) in [5.74, 6) is -0.361. The van der Waals surface area contributed by atoms with E-state index >= 15 is 0 Å². The van der Waals surface area contributed by atoms with Crippen LogP contribution in [0.5, 0.6) is 11.5 Å². The zero-order valence-electron chi connectivity index (χ0n) is 21.0. The van der Waals surface area contributed by atoms with Crippen LogP contribution in [0.1, 0.15) is 16.7 Å². The molecule has 0 unspecified atom stereocenters. The third kappa shape index (κ3) is 6.34. The van der Waals surface area contributed by atoms with E-state index in [0.29, 0.717) is 39.4 Å². The van der Waals surface area contributed by atoms with Crippen LogP contribution in [0, 0.1) is 0 Å². The number of urea groups is 1. The van der Waals surface area contributed by atoms with Gasteiger partial charge in [-0.25, -0.2) is 9.69 Å². The first kappa shape index (κ1) is 27.0. The molecule has 0 aromatic heterocycles. The first-order valence-electron chi connectivity index (χ1n) is 12.2. The molecule has 1 heterocycles. The highest BCUT2D eigenvalue weighted by molar-refractivity contribution is 6.39. The van der Waals surface area contributed by atoms with E-state index in [9.17, 15) is 14.4 Å². The van der Waals surface area contributed by atoms with Crippen molar-refractivity contribution in [3.63, 3.8) is 0 Å². The van der Waals surface area contributed by atoms with Gasteiger partial charge in [0, 0.05) is 15.6 Å². The predicted molar refractivity (Wildman–Crippen MR) is 153 cm³/mol. The van der Waals surface area contributed by atoms with Crippen molar-refractivity contribution >= 4 is 52.8 Å². The maximum absolute atomic E-state index is 13.2. The molecule has 0 radical (unpaired) electrons. The minimum atomic E-state index is -0.824. The summed E-state index contributed by atoms with van der Waals surface area (Å²) >= 11 is 12.1. The molecule has 1 aliphatic heterocycles. The maximum Gasteiger partial charge on any atom is 0.335 e. The highest BCUT2D eigenvalue weighted by Crippen LogP contribution is 2.26. The Hall–Kier alpha value is -4.59. The quantitative estimate of drug-likeness (QED) is 0.185. The van der Waals surface area contributed by atoms with E-state index in [-0.39, 0.29) is 12.2 Å². The number of amides is 4. The topological polar surface area (TPSA) is 84.9 Å². The number of rotatable bonds is 8. The Morgan fingerprint density at radius 2 is 1.40 bits per heavy atom. The molecule has 1 aliphatic rings. The lowest BCUT2D eigenvalue weighted by Crippen LogP contribution is -2.54. The number of nitrogens with zero attached hydrogens (tertiary/aromatic N) is 1. The van der Waals surface area contributed by atoms with Crippen molar-refractivity contribution in [1.29, 1.82) is 0 Å². The maximum atomic E-state index is 13.2. The molecule has 5 rings (SSSR count). The van der Waals surface area contributed by atoms with Crippen LogP contribution < -0.4 is 19.7 Å². The summed E-state index contributed by atoms with van der Waals surface area (Å²) in [4.78, 5) is 39.3. The predicted octanol–water partition coefficient (Wildman–Crippen LogP) is 6.82. The van der Waals surface area contributed by atoms with Crippen molar-refractivity contribution in [1.82, 2.24) is 5.32 Å². The standard InChI is InChI=1S/C31H22Cl2N2O5/c32-23-9-8-22(28(33)17-23)19-40-25-12-6-20(7-13-25)16-27-29(36)34-31(38)35(30(27)37)24-10-14-26(15-11-24)39-18-21-4-2-1-3-5-21/h1-17H,18-19H2,(H,34,36,38)/b27-16+. The number of carbonyl (C=O) groups excluding carboxylic acids is 3. The van der Waals surface area contributed by atoms with Crippen LogP contribution in [-0.2, 0) is 22.8 Å². The normalized spacial score (nSPS) is 14.3. The molecule has 0 spiro atoms. The summed E-state index contributed by atoms with van der Waals surface area (Å²) in [5.41, 5.74) is 2.50. The van der Waals surface area contributed by atoms with E-state index in [4.69, 9.17) is 32.7 Å². The fourth-order valence-electron chi connectivity index (χ4n) is 3.95. The zero-order valence-corrected chi connectivity index (χ0v) is 22.5. The molecular formula is C31H22Cl2N2O5. The fourth-order valence-corrected chi connectivity index (χ4v) is 4.41. The van der Waals surface area contributed by atoms with Crippen molar-refractivity contribution in [2.75, 3.05) is 4.90 Å². The lowest BCUT2D eigenvalue weighted by atomic mass is 10.1. The van der Waals surface area contributed by atoms with E-state index in [1.807, 2.05) is 30.3 Å². The molecule has 0 bridgehead atoms. The lowest BCUT2D eigenvalue weighted by Gasteiger charge is -2.26. The van der Waals surface area contributed by atoms with Crippen molar-refractivity contribution in [2.45, 2.75) is 13.2 Å². The van der Waals surface area contributed by atoms with E-state index < -0.39 is 17.8 Å². The zero-order chi connectivity index (χ0) is 28.1. The number of ether oxygens (including phenoxy) is 2. The molecular weight excluding hydrogens is 551 g/mol. The minimum Gasteiger partial charge on any atom is -0.489 e. The van der Waals surface area contributed by atoms with Gasteiger partial charge in [0.25, 0.3) is 11.8 Å². The minimum absolute atomic E-state index is 0.175. The Labute approximate surface area is 240 Å². The number of hydrogen-bond donors (Lipinski definition) is 1. The summed E-state index contributed by atoms with van der Waals surface area (Å²) in [6.07, 6.45) is 1.42. The molecule has 0 aliphatic carbocycles. The number of barbiturate groups is 1. The molecule has 200 valence electrons. The van der Waals surface area contributed by atoms with E-state index in [1.54, 1.807) is 66.7 Å². The highest BCUT2D eigenvalue weighted by atomic mass is 35.5. The number of hydrogen-bond acceptors (Lipinski definition) is 5. The first-order chi connectivity index (χ1) is 19.4. The molecule has 7 nitrogen and oxygen atoms in total. The number of benzene rings is 4. The Morgan fingerprint density at radius 1 is 0.750 bits per heavy atom. The summed E-state index contributed by atoms with van der Waals surface area (Å²) in [6.45, 7) is 0.619. The van der Waals surface area contributed by atoms with Gasteiger partial charge in [-0.05, 0) is 65.7 Å². The van der Waals surface area contributed by atoms with Crippen LogP contribution in [0.3, 0.4) is 0 Å². The largest absolute Gasteiger partial charge is 0.489 e. The van der Waals surface area contributed by atoms with Gasteiger partial charge in [-0.15, -0.1) is 0 Å². The van der Waals surface area contributed by atoms with Crippen LogP contribution in [-0.4, -0.2) is 17.8 Å². The van der Waals surface area contributed by atoms with Gasteiger partial charge in [0.15, 0.2) is 0 Å². The van der Waals surface area contributed by atoms with E-state index in [0.717, 1.165) is 16.0 Å². The van der Waals surface area contributed by atoms with Crippen molar-refractivity contribution < 1.29 is 23.9 Å². The molecule has 4 amide bonds. The summed E-state index contributed by atoms with van der Waals surface area (Å²) < 4.78 is 11.6.